The Morgan fingerprint density at radius 1 is 1.21 bits per heavy atom. The van der Waals surface area contributed by atoms with E-state index in [9.17, 15) is 18.0 Å². The van der Waals surface area contributed by atoms with Crippen LogP contribution in [0.15, 0.2) is 48.8 Å². The molecule has 3 aromatic rings. The highest BCUT2D eigenvalue weighted by molar-refractivity contribution is 6.33. The van der Waals surface area contributed by atoms with Gasteiger partial charge in [0, 0.05) is 31.3 Å². The number of halogens is 4. The van der Waals surface area contributed by atoms with Crippen molar-refractivity contribution < 1.29 is 32.2 Å². The molecule has 2 amide bonds. The number of aromatic nitrogens is 2. The van der Waals surface area contributed by atoms with Gasteiger partial charge in [-0.15, -0.1) is 0 Å². The van der Waals surface area contributed by atoms with Crippen molar-refractivity contribution in [1.29, 1.82) is 0 Å². The first-order valence-corrected chi connectivity index (χ1v) is 13.9. The second-order valence-electron chi connectivity index (χ2n) is 10.4. The van der Waals surface area contributed by atoms with Crippen molar-refractivity contribution in [3.8, 4) is 17.0 Å². The molecule has 42 heavy (non-hydrogen) atoms. The van der Waals surface area contributed by atoms with Crippen LogP contribution in [-0.4, -0.2) is 60.7 Å². The molecular formula is C29H31ClF3N5O4. The van der Waals surface area contributed by atoms with Crippen LogP contribution in [0.3, 0.4) is 0 Å². The predicted octanol–water partition coefficient (Wildman–Crippen LogP) is 6.61. The smallest absolute Gasteiger partial charge is 0.416 e. The molecule has 9 nitrogen and oxygen atoms in total. The normalized spacial score (nSPS) is 18.4. The minimum absolute atomic E-state index is 0.149. The predicted molar refractivity (Wildman–Crippen MR) is 153 cm³/mol. The van der Waals surface area contributed by atoms with E-state index in [0.717, 1.165) is 12.1 Å². The lowest BCUT2D eigenvalue weighted by molar-refractivity contribution is -0.141. The molecule has 1 saturated heterocycles. The number of hydrogen-bond acceptors (Lipinski definition) is 7. The van der Waals surface area contributed by atoms with Gasteiger partial charge >= 0.3 is 12.2 Å². The van der Waals surface area contributed by atoms with Crippen molar-refractivity contribution in [2.24, 2.45) is 0 Å². The topological polar surface area (TPSA) is 89.1 Å². The summed E-state index contributed by atoms with van der Waals surface area (Å²) in [4.78, 5) is 26.0. The second-order valence-corrected chi connectivity index (χ2v) is 10.8. The molecule has 1 fully saturated rings. The highest BCUT2D eigenvalue weighted by Crippen LogP contribution is 2.40. The molecule has 5 rings (SSSR count). The van der Waals surface area contributed by atoms with Crippen molar-refractivity contribution >= 4 is 34.8 Å². The summed E-state index contributed by atoms with van der Waals surface area (Å²) in [6.07, 6.45) is -1.11. The first-order valence-electron chi connectivity index (χ1n) is 13.5. The molecule has 0 spiro atoms. The fraction of sp³-hybridized carbons (Fsp3) is 0.414. The summed E-state index contributed by atoms with van der Waals surface area (Å²) in [5.41, 5.74) is 0.535. The van der Waals surface area contributed by atoms with Crippen LogP contribution in [0, 0.1) is 0 Å². The summed E-state index contributed by atoms with van der Waals surface area (Å²) >= 11 is 6.58. The number of alkyl halides is 3. The molecule has 2 aromatic heterocycles. The van der Waals surface area contributed by atoms with Crippen molar-refractivity contribution in [2.75, 3.05) is 48.0 Å². The van der Waals surface area contributed by atoms with E-state index in [1.807, 2.05) is 25.7 Å². The van der Waals surface area contributed by atoms with Crippen molar-refractivity contribution in [2.45, 2.75) is 45.3 Å². The number of benzene rings is 1. The lowest BCUT2D eigenvalue weighted by Crippen LogP contribution is -2.36. The Hall–Kier alpha value is -3.61. The summed E-state index contributed by atoms with van der Waals surface area (Å²) in [5, 5.41) is 3.03. The first kappa shape index (κ1) is 29.9. The van der Waals surface area contributed by atoms with E-state index in [-0.39, 0.29) is 29.0 Å². The summed E-state index contributed by atoms with van der Waals surface area (Å²) < 4.78 is 57.4. The third-order valence-corrected chi connectivity index (χ3v) is 7.19. The molecule has 1 atom stereocenters. The molecule has 224 valence electrons. The van der Waals surface area contributed by atoms with Gasteiger partial charge in [0.05, 0.1) is 46.7 Å². The van der Waals surface area contributed by atoms with Crippen LogP contribution in [-0.2, 0) is 15.7 Å². The van der Waals surface area contributed by atoms with E-state index >= 15 is 0 Å². The summed E-state index contributed by atoms with van der Waals surface area (Å²) in [5.74, 6) is 0.0642. The Balaban J connectivity index is 1.40. The highest BCUT2D eigenvalue weighted by atomic mass is 35.5. The number of fused-ring (bicyclic) bond motifs is 1. The number of amides is 2. The number of hydrogen-bond donors (Lipinski definition) is 1. The van der Waals surface area contributed by atoms with E-state index in [1.54, 1.807) is 12.1 Å². The van der Waals surface area contributed by atoms with Crippen molar-refractivity contribution in [3.63, 3.8) is 0 Å². The second kappa shape index (κ2) is 11.9. The van der Waals surface area contributed by atoms with Gasteiger partial charge < -0.3 is 24.4 Å². The number of nitrogens with one attached hydrogen (secondary N) is 1. The number of rotatable bonds is 6. The number of nitrogens with zero attached hydrogens (tertiary/aromatic N) is 4. The Labute approximate surface area is 246 Å². The largest absolute Gasteiger partial charge is 0.489 e. The number of urea groups is 1. The third-order valence-electron chi connectivity index (χ3n) is 6.90. The van der Waals surface area contributed by atoms with Gasteiger partial charge in [-0.1, -0.05) is 23.7 Å². The van der Waals surface area contributed by atoms with E-state index in [0.29, 0.717) is 55.6 Å². The van der Waals surface area contributed by atoms with Crippen LogP contribution in [0.5, 0.6) is 5.75 Å². The zero-order chi connectivity index (χ0) is 30.1. The number of ether oxygens (including phenoxy) is 3. The molecule has 0 aliphatic carbocycles. The van der Waals surface area contributed by atoms with Crippen LogP contribution in [0.4, 0.5) is 35.2 Å². The number of carbonyl (C=O) groups excluding carboxylic acids is 1. The number of carbonyl (C=O) groups is 1. The van der Waals surface area contributed by atoms with Gasteiger partial charge in [0.1, 0.15) is 18.5 Å². The monoisotopic (exact) mass is 605 g/mol. The molecule has 0 radical (unpaired) electrons. The Bertz CT molecular complexity index is 1460. The average Bonchev–Trinajstić information content (AvgIpc) is 3.19. The van der Waals surface area contributed by atoms with Gasteiger partial charge in [0.2, 0.25) is 0 Å². The van der Waals surface area contributed by atoms with E-state index in [2.05, 4.69) is 15.3 Å². The van der Waals surface area contributed by atoms with Gasteiger partial charge in [-0.25, -0.2) is 9.78 Å². The lowest BCUT2D eigenvalue weighted by atomic mass is 10.1. The van der Waals surface area contributed by atoms with E-state index in [1.165, 1.54) is 29.4 Å². The van der Waals surface area contributed by atoms with Crippen LogP contribution < -0.4 is 19.9 Å². The molecule has 0 bridgehead atoms. The van der Waals surface area contributed by atoms with Gasteiger partial charge in [-0.05, 0) is 45.4 Å². The molecule has 0 unspecified atom stereocenters. The lowest BCUT2D eigenvalue weighted by Gasteiger charge is -2.26. The minimum Gasteiger partial charge on any atom is -0.489 e. The third kappa shape index (κ3) is 6.71. The van der Waals surface area contributed by atoms with Gasteiger partial charge in [-0.3, -0.25) is 9.88 Å². The summed E-state index contributed by atoms with van der Waals surface area (Å²) in [7, 11) is 0. The standard InChI is InChI=1S/C29H31ClF3N5O4/c1-4-37-9-6-10-38(26-24(37)13-23(30)25(36-26)18-7-5-8-19(11-18)29(31,32)33)27(39)35-20-12-21(15-34-14-20)40-16-22-17-41-28(2,3)42-22/h5,7-8,11-15,22H,4,6,9-10,16-17H2,1-3H3,(H,35,39)/t22-/m1/s1. The van der Waals surface area contributed by atoms with Crippen LogP contribution in [0.1, 0.15) is 32.8 Å². The van der Waals surface area contributed by atoms with Crippen LogP contribution in [0.25, 0.3) is 11.3 Å². The summed E-state index contributed by atoms with van der Waals surface area (Å²) in [6, 6.07) is 7.62. The molecular weight excluding hydrogens is 575 g/mol. The Morgan fingerprint density at radius 3 is 2.74 bits per heavy atom. The van der Waals surface area contributed by atoms with Crippen molar-refractivity contribution in [1.82, 2.24) is 9.97 Å². The number of pyridine rings is 2. The fourth-order valence-electron chi connectivity index (χ4n) is 4.91. The van der Waals surface area contributed by atoms with Gasteiger partial charge in [-0.2, -0.15) is 13.2 Å². The summed E-state index contributed by atoms with van der Waals surface area (Å²) in [6.45, 7) is 7.87. The molecule has 2 aliphatic heterocycles. The minimum atomic E-state index is -4.53. The molecule has 2 aliphatic rings. The zero-order valence-electron chi connectivity index (χ0n) is 23.4. The molecule has 13 heteroatoms. The van der Waals surface area contributed by atoms with E-state index in [4.69, 9.17) is 25.8 Å². The molecule has 1 aromatic carbocycles. The van der Waals surface area contributed by atoms with Crippen LogP contribution in [0.2, 0.25) is 5.02 Å². The van der Waals surface area contributed by atoms with Gasteiger partial charge in [0.25, 0.3) is 0 Å². The maximum atomic E-state index is 13.6. The molecule has 0 saturated carbocycles. The fourth-order valence-corrected chi connectivity index (χ4v) is 5.16. The van der Waals surface area contributed by atoms with Gasteiger partial charge in [0.15, 0.2) is 11.6 Å². The SMILES string of the molecule is CCN1CCCN(C(=O)Nc2cncc(OC[C@@H]3COC(C)(C)O3)c2)c2nc(-c3cccc(C(F)(F)F)c3)c(Cl)cc21. The average molecular weight is 606 g/mol. The maximum absolute atomic E-state index is 13.6. The quantitative estimate of drug-likeness (QED) is 0.338. The maximum Gasteiger partial charge on any atom is 0.416 e. The van der Waals surface area contributed by atoms with Crippen molar-refractivity contribution in [3.05, 3.63) is 59.4 Å². The number of anilines is 3. The van der Waals surface area contributed by atoms with Crippen LogP contribution >= 0.6 is 11.6 Å². The van der Waals surface area contributed by atoms with E-state index < -0.39 is 23.6 Å². The first-order chi connectivity index (χ1) is 19.9. The zero-order valence-corrected chi connectivity index (χ0v) is 24.1. The Kier molecular flexibility index (Phi) is 8.49. The highest BCUT2D eigenvalue weighted by Gasteiger charge is 2.34. The molecule has 4 heterocycles. The Morgan fingerprint density at radius 2 is 2.02 bits per heavy atom. The molecule has 1 N–H and O–H groups in total.